The van der Waals surface area contributed by atoms with Gasteiger partial charge in [-0.25, -0.2) is 4.98 Å². The zero-order valence-corrected chi connectivity index (χ0v) is 12.6. The van der Waals surface area contributed by atoms with E-state index in [1.165, 1.54) is 23.2 Å². The van der Waals surface area contributed by atoms with E-state index in [1.807, 2.05) is 11.7 Å². The first-order chi connectivity index (χ1) is 10.1. The number of nitrogens with zero attached hydrogens (tertiary/aromatic N) is 4. The molecular weight excluding hydrogens is 262 g/mol. The number of aryl methyl sites for hydroxylation is 2. The van der Waals surface area contributed by atoms with Crippen LogP contribution in [0, 0.1) is 13.8 Å². The molecule has 1 N–H and O–H groups in total. The van der Waals surface area contributed by atoms with Gasteiger partial charge in [0.05, 0.1) is 16.7 Å². The Balaban J connectivity index is 1.93. The van der Waals surface area contributed by atoms with E-state index in [1.54, 1.807) is 0 Å². The van der Waals surface area contributed by atoms with Crippen molar-refractivity contribution in [1.82, 2.24) is 19.7 Å². The minimum Gasteiger partial charge on any atom is -0.342 e. The van der Waals surface area contributed by atoms with E-state index < -0.39 is 0 Å². The molecule has 5 heteroatoms. The Hall–Kier alpha value is -2.30. The van der Waals surface area contributed by atoms with Crippen molar-refractivity contribution in [2.24, 2.45) is 7.05 Å². The molecule has 0 radical (unpaired) electrons. The van der Waals surface area contributed by atoms with Gasteiger partial charge < -0.3 is 9.88 Å². The van der Waals surface area contributed by atoms with Crippen molar-refractivity contribution in [2.75, 3.05) is 18.0 Å². The quantitative estimate of drug-likeness (QED) is 0.786. The van der Waals surface area contributed by atoms with Gasteiger partial charge in [-0.2, -0.15) is 5.10 Å². The Morgan fingerprint density at radius 2 is 2.00 bits per heavy atom. The van der Waals surface area contributed by atoms with Crippen LogP contribution in [0.25, 0.3) is 22.2 Å². The Bertz CT molecular complexity index is 823. The average molecular weight is 281 g/mol. The van der Waals surface area contributed by atoms with Gasteiger partial charge in [-0.05, 0) is 26.3 Å². The Kier molecular flexibility index (Phi) is 2.58. The smallest absolute Gasteiger partial charge is 0.203 e. The molecule has 2 aromatic heterocycles. The van der Waals surface area contributed by atoms with E-state index in [2.05, 4.69) is 47.0 Å². The normalized spacial score (nSPS) is 14.7. The molecule has 21 heavy (non-hydrogen) atoms. The first-order valence-corrected chi connectivity index (χ1v) is 7.39. The maximum atomic E-state index is 4.84. The van der Waals surface area contributed by atoms with E-state index in [4.69, 9.17) is 4.98 Å². The number of anilines is 1. The summed E-state index contributed by atoms with van der Waals surface area (Å²) in [6.07, 6.45) is 1.25. The number of aromatic amines is 1. The largest absolute Gasteiger partial charge is 0.342 e. The standard InChI is InChI=1S/C16H19N5/c1-10-14(11(2)20(3)19-10)12-6-4-7-13-15(12)18-16(17-13)21-8-5-9-21/h4,6-7H,5,8-9H2,1-3H3,(H,17,18). The molecule has 0 amide bonds. The molecule has 3 heterocycles. The average Bonchev–Trinajstić information content (AvgIpc) is 2.90. The molecule has 1 aliphatic rings. The monoisotopic (exact) mass is 281 g/mol. The van der Waals surface area contributed by atoms with Crippen LogP contribution < -0.4 is 4.90 Å². The number of benzene rings is 1. The van der Waals surface area contributed by atoms with Crippen molar-refractivity contribution in [3.05, 3.63) is 29.6 Å². The predicted molar refractivity (Wildman–Crippen MR) is 84.6 cm³/mol. The zero-order chi connectivity index (χ0) is 14.6. The molecule has 0 unspecified atom stereocenters. The molecule has 1 saturated heterocycles. The molecule has 1 fully saturated rings. The highest BCUT2D eigenvalue weighted by molar-refractivity contribution is 5.94. The fraction of sp³-hybridized carbons (Fsp3) is 0.375. The second-order valence-electron chi connectivity index (χ2n) is 5.77. The van der Waals surface area contributed by atoms with Crippen LogP contribution in [-0.2, 0) is 7.05 Å². The predicted octanol–water partition coefficient (Wildman–Crippen LogP) is 2.79. The molecule has 0 aliphatic carbocycles. The molecule has 108 valence electrons. The van der Waals surface area contributed by atoms with Crippen LogP contribution >= 0.6 is 0 Å². The van der Waals surface area contributed by atoms with Crippen LogP contribution in [0.15, 0.2) is 18.2 Å². The molecule has 0 spiro atoms. The van der Waals surface area contributed by atoms with E-state index in [-0.39, 0.29) is 0 Å². The third kappa shape index (κ3) is 1.77. The Morgan fingerprint density at radius 3 is 2.62 bits per heavy atom. The summed E-state index contributed by atoms with van der Waals surface area (Å²) in [6.45, 7) is 6.36. The lowest BCUT2D eigenvalue weighted by Crippen LogP contribution is -2.37. The van der Waals surface area contributed by atoms with Crippen LogP contribution in [0.1, 0.15) is 17.8 Å². The topological polar surface area (TPSA) is 49.7 Å². The summed E-state index contributed by atoms with van der Waals surface area (Å²) in [4.78, 5) is 10.6. The van der Waals surface area contributed by atoms with E-state index in [0.717, 1.165) is 35.8 Å². The number of para-hydroxylation sites is 1. The zero-order valence-electron chi connectivity index (χ0n) is 12.6. The van der Waals surface area contributed by atoms with Gasteiger partial charge in [-0.1, -0.05) is 12.1 Å². The molecule has 0 atom stereocenters. The van der Waals surface area contributed by atoms with Crippen LogP contribution in [0.5, 0.6) is 0 Å². The SMILES string of the molecule is Cc1nn(C)c(C)c1-c1cccc2[nH]c(N3CCC3)nc12. The van der Waals surface area contributed by atoms with Crippen molar-refractivity contribution in [3.8, 4) is 11.1 Å². The second-order valence-corrected chi connectivity index (χ2v) is 5.77. The van der Waals surface area contributed by atoms with E-state index in [9.17, 15) is 0 Å². The lowest BCUT2D eigenvalue weighted by molar-refractivity contribution is 0.604. The molecule has 0 saturated carbocycles. The molecule has 3 aromatic rings. The third-order valence-electron chi connectivity index (χ3n) is 4.43. The van der Waals surface area contributed by atoms with Gasteiger partial charge in [0.1, 0.15) is 0 Å². The number of nitrogens with one attached hydrogen (secondary N) is 1. The van der Waals surface area contributed by atoms with Crippen LogP contribution in [0.4, 0.5) is 5.95 Å². The van der Waals surface area contributed by atoms with Crippen molar-refractivity contribution >= 4 is 17.0 Å². The minimum absolute atomic E-state index is 0.989. The van der Waals surface area contributed by atoms with Gasteiger partial charge in [0.15, 0.2) is 0 Å². The number of hydrogen-bond acceptors (Lipinski definition) is 3. The van der Waals surface area contributed by atoms with Gasteiger partial charge in [-0.15, -0.1) is 0 Å². The molecule has 1 aliphatic heterocycles. The summed E-state index contributed by atoms with van der Waals surface area (Å²) >= 11 is 0. The molecule has 1 aromatic carbocycles. The van der Waals surface area contributed by atoms with Crippen LogP contribution in [-0.4, -0.2) is 32.8 Å². The molecule has 0 bridgehead atoms. The minimum atomic E-state index is 0.989. The summed E-state index contributed by atoms with van der Waals surface area (Å²) in [6, 6.07) is 6.32. The van der Waals surface area contributed by atoms with Gasteiger partial charge in [0.2, 0.25) is 5.95 Å². The number of rotatable bonds is 2. The number of hydrogen-bond donors (Lipinski definition) is 1. The Labute approximate surface area is 123 Å². The van der Waals surface area contributed by atoms with Crippen molar-refractivity contribution in [2.45, 2.75) is 20.3 Å². The summed E-state index contributed by atoms with van der Waals surface area (Å²) < 4.78 is 1.94. The highest BCUT2D eigenvalue weighted by Crippen LogP contribution is 2.33. The van der Waals surface area contributed by atoms with E-state index in [0.29, 0.717) is 0 Å². The number of fused-ring (bicyclic) bond motifs is 1. The molecule has 5 nitrogen and oxygen atoms in total. The fourth-order valence-electron chi connectivity index (χ4n) is 3.06. The van der Waals surface area contributed by atoms with Gasteiger partial charge in [-0.3, -0.25) is 4.68 Å². The van der Waals surface area contributed by atoms with Crippen LogP contribution in [0.3, 0.4) is 0 Å². The third-order valence-corrected chi connectivity index (χ3v) is 4.43. The first kappa shape index (κ1) is 12.4. The van der Waals surface area contributed by atoms with Gasteiger partial charge >= 0.3 is 0 Å². The first-order valence-electron chi connectivity index (χ1n) is 7.39. The number of H-pyrrole nitrogens is 1. The fourth-order valence-corrected chi connectivity index (χ4v) is 3.06. The van der Waals surface area contributed by atoms with Crippen molar-refractivity contribution in [1.29, 1.82) is 0 Å². The van der Waals surface area contributed by atoms with Crippen molar-refractivity contribution in [3.63, 3.8) is 0 Å². The van der Waals surface area contributed by atoms with Crippen LogP contribution in [0.2, 0.25) is 0 Å². The summed E-state index contributed by atoms with van der Waals surface area (Å²) in [7, 11) is 1.99. The number of aromatic nitrogens is 4. The maximum absolute atomic E-state index is 4.84. The van der Waals surface area contributed by atoms with Gasteiger partial charge in [0.25, 0.3) is 0 Å². The molecular formula is C16H19N5. The lowest BCUT2D eigenvalue weighted by Gasteiger charge is -2.30. The lowest BCUT2D eigenvalue weighted by atomic mass is 10.0. The van der Waals surface area contributed by atoms with E-state index >= 15 is 0 Å². The summed E-state index contributed by atoms with van der Waals surface area (Å²) in [5.41, 5.74) is 6.73. The summed E-state index contributed by atoms with van der Waals surface area (Å²) in [5, 5.41) is 4.53. The maximum Gasteiger partial charge on any atom is 0.203 e. The highest BCUT2D eigenvalue weighted by Gasteiger charge is 2.20. The summed E-state index contributed by atoms with van der Waals surface area (Å²) in [5.74, 6) is 0.989. The Morgan fingerprint density at radius 1 is 1.19 bits per heavy atom. The second kappa shape index (κ2) is 4.35. The number of imidazole rings is 1. The highest BCUT2D eigenvalue weighted by atomic mass is 15.3. The molecule has 4 rings (SSSR count). The van der Waals surface area contributed by atoms with Gasteiger partial charge in [0, 0.05) is 37.0 Å². The van der Waals surface area contributed by atoms with Crippen molar-refractivity contribution < 1.29 is 0 Å².